The zero-order valence-corrected chi connectivity index (χ0v) is 11.8. The molecule has 1 saturated heterocycles. The van der Waals surface area contributed by atoms with Crippen molar-refractivity contribution in [3.05, 3.63) is 35.4 Å². The van der Waals surface area contributed by atoms with Gasteiger partial charge in [-0.3, -0.25) is 4.79 Å². The van der Waals surface area contributed by atoms with E-state index in [1.807, 2.05) is 32.0 Å². The summed E-state index contributed by atoms with van der Waals surface area (Å²) in [6, 6.07) is 6.67. The minimum atomic E-state index is -0.931. The van der Waals surface area contributed by atoms with Gasteiger partial charge in [-0.2, -0.15) is 0 Å². The van der Waals surface area contributed by atoms with Crippen molar-refractivity contribution in [1.29, 1.82) is 0 Å². The van der Waals surface area contributed by atoms with Crippen LogP contribution < -0.4 is 0 Å². The lowest BCUT2D eigenvalue weighted by Gasteiger charge is -2.26. The maximum absolute atomic E-state index is 12.6. The first kappa shape index (κ1) is 13.9. The molecule has 2 unspecified atom stereocenters. The summed E-state index contributed by atoms with van der Waals surface area (Å²) in [6.07, 6.45) is 0.759. The second-order valence-electron chi connectivity index (χ2n) is 4.51. The Morgan fingerprint density at radius 3 is 2.74 bits per heavy atom. The molecule has 1 aromatic carbocycles. The molecule has 1 heterocycles. The van der Waals surface area contributed by atoms with E-state index < -0.39 is 12.0 Å². The van der Waals surface area contributed by atoms with Crippen molar-refractivity contribution in [3.63, 3.8) is 0 Å². The lowest BCUT2D eigenvalue weighted by atomic mass is 10.0. The third-order valence-electron chi connectivity index (χ3n) is 3.37. The number of carbonyl (C=O) groups excluding carboxylic acids is 1. The van der Waals surface area contributed by atoms with Gasteiger partial charge in [-0.1, -0.05) is 25.1 Å². The van der Waals surface area contributed by atoms with Crippen molar-refractivity contribution in [2.45, 2.75) is 31.7 Å². The van der Waals surface area contributed by atoms with Crippen LogP contribution in [-0.4, -0.2) is 39.1 Å². The van der Waals surface area contributed by atoms with Crippen LogP contribution in [0.2, 0.25) is 0 Å². The summed E-state index contributed by atoms with van der Waals surface area (Å²) >= 11 is 1.50. The molecular formula is C14H17NO3S. The molecule has 5 heteroatoms. The summed E-state index contributed by atoms with van der Waals surface area (Å²) < 4.78 is 0. The predicted octanol–water partition coefficient (Wildman–Crippen LogP) is 2.24. The summed E-state index contributed by atoms with van der Waals surface area (Å²) in [7, 11) is 0. The van der Waals surface area contributed by atoms with Crippen LogP contribution in [0.3, 0.4) is 0 Å². The number of hydrogen-bond donors (Lipinski definition) is 1. The fourth-order valence-electron chi connectivity index (χ4n) is 2.32. The van der Waals surface area contributed by atoms with Crippen molar-refractivity contribution in [2.75, 3.05) is 5.75 Å². The van der Waals surface area contributed by atoms with Crippen LogP contribution in [0.5, 0.6) is 0 Å². The molecule has 4 nitrogen and oxygen atoms in total. The molecule has 0 aromatic heterocycles. The predicted molar refractivity (Wildman–Crippen MR) is 75.3 cm³/mol. The van der Waals surface area contributed by atoms with Crippen molar-refractivity contribution in [2.24, 2.45) is 0 Å². The Bertz CT molecular complexity index is 503. The maximum Gasteiger partial charge on any atom is 0.327 e. The average Bonchev–Trinajstić information content (AvgIpc) is 2.80. The Balaban J connectivity index is 2.34. The monoisotopic (exact) mass is 279 g/mol. The summed E-state index contributed by atoms with van der Waals surface area (Å²) in [5.74, 6) is -0.655. The Labute approximate surface area is 116 Å². The average molecular weight is 279 g/mol. The molecule has 0 aliphatic carbocycles. The van der Waals surface area contributed by atoms with E-state index in [2.05, 4.69) is 0 Å². The van der Waals surface area contributed by atoms with Gasteiger partial charge in [0.05, 0.1) is 5.37 Å². The number of carboxylic acid groups (broad SMARTS) is 1. The van der Waals surface area contributed by atoms with Gasteiger partial charge in [0.2, 0.25) is 0 Å². The van der Waals surface area contributed by atoms with Gasteiger partial charge in [-0.15, -0.1) is 11.8 Å². The Hall–Kier alpha value is -1.49. The highest BCUT2D eigenvalue weighted by atomic mass is 32.2. The fraction of sp³-hybridized carbons (Fsp3) is 0.429. The smallest absolute Gasteiger partial charge is 0.327 e. The largest absolute Gasteiger partial charge is 0.480 e. The number of carboxylic acids is 1. The molecule has 2 rings (SSSR count). The number of amides is 1. The number of benzene rings is 1. The van der Waals surface area contributed by atoms with Crippen molar-refractivity contribution in [3.8, 4) is 0 Å². The number of rotatable bonds is 3. The Morgan fingerprint density at radius 1 is 1.42 bits per heavy atom. The zero-order valence-electron chi connectivity index (χ0n) is 11.0. The number of hydrogen-bond acceptors (Lipinski definition) is 3. The number of carbonyl (C=O) groups is 2. The quantitative estimate of drug-likeness (QED) is 0.922. The first-order valence-corrected chi connectivity index (χ1v) is 7.36. The maximum atomic E-state index is 12.6. The van der Waals surface area contributed by atoms with Gasteiger partial charge in [-0.05, 0) is 25.0 Å². The minimum absolute atomic E-state index is 0.0986. The standard InChI is InChI=1S/C14H17NO3S/c1-3-10-6-4-5-7-11(10)13(16)15-9(2)19-8-12(15)14(17)18/h4-7,9,12H,3,8H2,1-2H3,(H,17,18). The topological polar surface area (TPSA) is 57.6 Å². The van der Waals surface area contributed by atoms with E-state index in [4.69, 9.17) is 0 Å². The Morgan fingerprint density at radius 2 is 2.11 bits per heavy atom. The van der Waals surface area contributed by atoms with E-state index in [-0.39, 0.29) is 11.3 Å². The highest BCUT2D eigenvalue weighted by molar-refractivity contribution is 8.00. The normalized spacial score (nSPS) is 22.5. The summed E-state index contributed by atoms with van der Waals surface area (Å²) in [6.45, 7) is 3.86. The molecule has 1 N–H and O–H groups in total. The van der Waals surface area contributed by atoms with Gasteiger partial charge in [0.25, 0.3) is 5.91 Å². The summed E-state index contributed by atoms with van der Waals surface area (Å²) in [5, 5.41) is 9.12. The van der Waals surface area contributed by atoms with E-state index in [9.17, 15) is 14.7 Å². The first-order chi connectivity index (χ1) is 9.06. The molecule has 1 amide bonds. The van der Waals surface area contributed by atoms with Crippen molar-refractivity contribution >= 4 is 23.6 Å². The van der Waals surface area contributed by atoms with Crippen LogP contribution in [0.4, 0.5) is 0 Å². The van der Waals surface area contributed by atoms with E-state index in [1.54, 1.807) is 6.07 Å². The van der Waals surface area contributed by atoms with E-state index in [0.29, 0.717) is 11.3 Å². The molecule has 1 fully saturated rings. The SMILES string of the molecule is CCc1ccccc1C(=O)N1C(C)SCC1C(=O)O. The van der Waals surface area contributed by atoms with Gasteiger partial charge >= 0.3 is 5.97 Å². The van der Waals surface area contributed by atoms with Crippen LogP contribution in [0.15, 0.2) is 24.3 Å². The minimum Gasteiger partial charge on any atom is -0.480 e. The molecule has 19 heavy (non-hydrogen) atoms. The summed E-state index contributed by atoms with van der Waals surface area (Å²) in [5.41, 5.74) is 1.58. The number of thioether (sulfide) groups is 1. The molecule has 1 aromatic rings. The van der Waals surface area contributed by atoms with Crippen molar-refractivity contribution in [1.82, 2.24) is 4.90 Å². The molecular weight excluding hydrogens is 262 g/mol. The molecule has 0 bridgehead atoms. The van der Waals surface area contributed by atoms with Crippen LogP contribution in [0.25, 0.3) is 0 Å². The van der Waals surface area contributed by atoms with Gasteiger partial charge in [0, 0.05) is 11.3 Å². The van der Waals surface area contributed by atoms with Gasteiger partial charge in [-0.25, -0.2) is 4.79 Å². The van der Waals surface area contributed by atoms with Crippen LogP contribution >= 0.6 is 11.8 Å². The fourth-order valence-corrected chi connectivity index (χ4v) is 3.48. The van der Waals surface area contributed by atoms with Gasteiger partial charge < -0.3 is 10.0 Å². The van der Waals surface area contributed by atoms with E-state index in [1.165, 1.54) is 16.7 Å². The van der Waals surface area contributed by atoms with Crippen LogP contribution in [0.1, 0.15) is 29.8 Å². The Kier molecular flexibility index (Phi) is 4.14. The zero-order chi connectivity index (χ0) is 14.0. The molecule has 0 radical (unpaired) electrons. The van der Waals surface area contributed by atoms with E-state index >= 15 is 0 Å². The lowest BCUT2D eigenvalue weighted by molar-refractivity contribution is -0.141. The van der Waals surface area contributed by atoms with Crippen LogP contribution in [-0.2, 0) is 11.2 Å². The van der Waals surface area contributed by atoms with Crippen molar-refractivity contribution < 1.29 is 14.7 Å². The third-order valence-corrected chi connectivity index (χ3v) is 4.59. The van der Waals surface area contributed by atoms with Gasteiger partial charge in [0.1, 0.15) is 6.04 Å². The molecule has 0 saturated carbocycles. The highest BCUT2D eigenvalue weighted by Gasteiger charge is 2.40. The lowest BCUT2D eigenvalue weighted by Crippen LogP contribution is -2.45. The second kappa shape index (κ2) is 5.65. The molecule has 0 spiro atoms. The third kappa shape index (κ3) is 2.61. The molecule has 1 aliphatic heterocycles. The van der Waals surface area contributed by atoms with E-state index in [0.717, 1.165) is 12.0 Å². The molecule has 1 aliphatic rings. The molecule has 2 atom stereocenters. The van der Waals surface area contributed by atoms with Crippen LogP contribution in [0, 0.1) is 0 Å². The second-order valence-corrected chi connectivity index (χ2v) is 5.86. The molecule has 102 valence electrons. The first-order valence-electron chi connectivity index (χ1n) is 6.31. The number of aryl methyl sites for hydroxylation is 1. The summed E-state index contributed by atoms with van der Waals surface area (Å²) in [4.78, 5) is 25.3. The van der Waals surface area contributed by atoms with Gasteiger partial charge in [0.15, 0.2) is 0 Å². The number of aliphatic carboxylic acids is 1. The highest BCUT2D eigenvalue weighted by Crippen LogP contribution is 2.31. The number of nitrogens with zero attached hydrogens (tertiary/aromatic N) is 1.